The van der Waals surface area contributed by atoms with Crippen molar-refractivity contribution >= 4 is 6.03 Å². The Bertz CT molecular complexity index is 281. The van der Waals surface area contributed by atoms with E-state index in [2.05, 4.69) is 19.2 Å². The number of ether oxygens (including phenoxy) is 2. The second-order valence-corrected chi connectivity index (χ2v) is 5.42. The van der Waals surface area contributed by atoms with Crippen molar-refractivity contribution in [1.82, 2.24) is 10.2 Å². The van der Waals surface area contributed by atoms with Crippen LogP contribution in [0.25, 0.3) is 0 Å². The molecule has 0 aromatic heterocycles. The van der Waals surface area contributed by atoms with Gasteiger partial charge in [-0.05, 0) is 13.3 Å². The summed E-state index contributed by atoms with van der Waals surface area (Å²) in [5.74, 6) is 0. The van der Waals surface area contributed by atoms with Crippen LogP contribution in [-0.2, 0) is 9.47 Å². The third-order valence-electron chi connectivity index (χ3n) is 3.82. The molecular weight excluding hydrogens is 232 g/mol. The van der Waals surface area contributed by atoms with E-state index in [1.165, 1.54) is 0 Å². The van der Waals surface area contributed by atoms with Gasteiger partial charge in [-0.1, -0.05) is 13.8 Å². The molecular formula is C13H26N2O3. The van der Waals surface area contributed by atoms with Gasteiger partial charge < -0.3 is 19.7 Å². The number of likely N-dealkylation sites (N-methyl/N-ethyl adjacent to an activating group) is 1. The predicted octanol–water partition coefficient (Wildman–Crippen LogP) is 1.48. The number of carbonyl (C=O) groups excluding carboxylic acids is 1. The molecule has 18 heavy (non-hydrogen) atoms. The van der Waals surface area contributed by atoms with Crippen molar-refractivity contribution in [3.8, 4) is 0 Å². The average Bonchev–Trinajstić information content (AvgIpc) is 2.34. The third kappa shape index (κ3) is 3.36. The second-order valence-electron chi connectivity index (χ2n) is 5.42. The molecule has 2 atom stereocenters. The Labute approximate surface area is 110 Å². The van der Waals surface area contributed by atoms with Crippen LogP contribution in [0.2, 0.25) is 0 Å². The number of hydrogen-bond acceptors (Lipinski definition) is 3. The van der Waals surface area contributed by atoms with Gasteiger partial charge in [0.1, 0.15) is 0 Å². The summed E-state index contributed by atoms with van der Waals surface area (Å²) in [7, 11) is 3.41. The van der Waals surface area contributed by atoms with Gasteiger partial charge >= 0.3 is 6.03 Å². The van der Waals surface area contributed by atoms with E-state index in [0.29, 0.717) is 13.2 Å². The molecule has 1 saturated carbocycles. The first-order valence-electron chi connectivity index (χ1n) is 6.55. The number of methoxy groups -OCH3 is 1. The number of carbonyl (C=O) groups is 1. The predicted molar refractivity (Wildman–Crippen MR) is 70.6 cm³/mol. The first-order valence-corrected chi connectivity index (χ1v) is 6.55. The van der Waals surface area contributed by atoms with Crippen LogP contribution in [0.5, 0.6) is 0 Å². The Morgan fingerprint density at radius 1 is 1.50 bits per heavy atom. The third-order valence-corrected chi connectivity index (χ3v) is 3.82. The van der Waals surface area contributed by atoms with Gasteiger partial charge in [0.25, 0.3) is 0 Å². The maximum absolute atomic E-state index is 11.9. The molecule has 1 aliphatic carbocycles. The Morgan fingerprint density at radius 3 is 2.67 bits per heavy atom. The highest BCUT2D eigenvalue weighted by Crippen LogP contribution is 2.42. The van der Waals surface area contributed by atoms with Crippen LogP contribution in [0.4, 0.5) is 4.79 Å². The molecule has 0 bridgehead atoms. The maximum atomic E-state index is 11.9. The number of nitrogens with one attached hydrogen (secondary N) is 1. The van der Waals surface area contributed by atoms with Gasteiger partial charge in [-0.2, -0.15) is 0 Å². The first-order chi connectivity index (χ1) is 8.43. The summed E-state index contributed by atoms with van der Waals surface area (Å²) in [5, 5.41) is 3.06. The molecule has 5 heteroatoms. The number of rotatable bonds is 6. The van der Waals surface area contributed by atoms with Crippen LogP contribution in [0.15, 0.2) is 0 Å². The van der Waals surface area contributed by atoms with Gasteiger partial charge in [0.15, 0.2) is 0 Å². The van der Waals surface area contributed by atoms with Gasteiger partial charge in [-0.3, -0.25) is 0 Å². The minimum atomic E-state index is -0.0416. The summed E-state index contributed by atoms with van der Waals surface area (Å²) in [4.78, 5) is 13.6. The summed E-state index contributed by atoms with van der Waals surface area (Å²) in [5.41, 5.74) is 0.00770. The molecule has 0 aromatic rings. The highest BCUT2D eigenvalue weighted by atomic mass is 16.5. The van der Waals surface area contributed by atoms with Gasteiger partial charge in [-0.15, -0.1) is 0 Å². The number of amides is 2. The molecule has 0 spiro atoms. The summed E-state index contributed by atoms with van der Waals surface area (Å²) in [6.07, 6.45) is 1.14. The van der Waals surface area contributed by atoms with Gasteiger partial charge in [0, 0.05) is 38.8 Å². The van der Waals surface area contributed by atoms with Crippen LogP contribution in [0.1, 0.15) is 27.2 Å². The molecule has 2 amide bonds. The van der Waals surface area contributed by atoms with Crippen molar-refractivity contribution < 1.29 is 14.3 Å². The van der Waals surface area contributed by atoms with Crippen LogP contribution in [0.3, 0.4) is 0 Å². The molecule has 0 heterocycles. The van der Waals surface area contributed by atoms with E-state index in [0.717, 1.165) is 13.0 Å². The van der Waals surface area contributed by atoms with E-state index >= 15 is 0 Å². The van der Waals surface area contributed by atoms with Crippen molar-refractivity contribution in [3.63, 3.8) is 0 Å². The Morgan fingerprint density at radius 2 is 2.17 bits per heavy atom. The lowest BCUT2D eigenvalue weighted by atomic mass is 9.64. The van der Waals surface area contributed by atoms with E-state index in [9.17, 15) is 4.79 Å². The zero-order chi connectivity index (χ0) is 13.8. The normalized spacial score (nSPS) is 25.4. The lowest BCUT2D eigenvalue weighted by Gasteiger charge is -2.51. The highest BCUT2D eigenvalue weighted by Gasteiger charge is 2.49. The van der Waals surface area contributed by atoms with Crippen molar-refractivity contribution in [2.75, 3.05) is 33.9 Å². The van der Waals surface area contributed by atoms with E-state index < -0.39 is 0 Å². The van der Waals surface area contributed by atoms with Crippen molar-refractivity contribution in [2.24, 2.45) is 5.41 Å². The van der Waals surface area contributed by atoms with Crippen LogP contribution in [-0.4, -0.2) is 57.0 Å². The molecule has 106 valence electrons. The standard InChI is InChI=1S/C13H26N2O3/c1-6-18-11-9-10(13(11,2)3)14-12(16)15(4)7-8-17-5/h10-11H,6-9H2,1-5H3,(H,14,16)/t10-,11+/m1/s1. The Balaban J connectivity index is 2.38. The zero-order valence-corrected chi connectivity index (χ0v) is 12.2. The molecule has 0 aliphatic heterocycles. The van der Waals surface area contributed by atoms with E-state index in [1.54, 1.807) is 19.1 Å². The molecule has 1 N–H and O–H groups in total. The molecule has 0 aromatic carbocycles. The lowest BCUT2D eigenvalue weighted by molar-refractivity contribution is -0.111. The minimum Gasteiger partial charge on any atom is -0.383 e. The van der Waals surface area contributed by atoms with Gasteiger partial charge in [0.05, 0.1) is 12.7 Å². The largest absolute Gasteiger partial charge is 0.383 e. The molecule has 0 unspecified atom stereocenters. The fraction of sp³-hybridized carbons (Fsp3) is 0.923. The van der Waals surface area contributed by atoms with E-state index in [4.69, 9.17) is 9.47 Å². The Hall–Kier alpha value is -0.810. The fourth-order valence-electron chi connectivity index (χ4n) is 2.20. The van der Waals surface area contributed by atoms with E-state index in [1.807, 2.05) is 6.92 Å². The Kier molecular flexibility index (Phi) is 5.41. The molecule has 1 rings (SSSR count). The van der Waals surface area contributed by atoms with Crippen LogP contribution >= 0.6 is 0 Å². The second kappa shape index (κ2) is 6.38. The summed E-state index contributed by atoms with van der Waals surface area (Å²) in [6, 6.07) is 0.145. The number of nitrogens with zero attached hydrogens (tertiary/aromatic N) is 1. The molecule has 1 fully saturated rings. The molecule has 0 radical (unpaired) electrons. The first kappa shape index (κ1) is 15.2. The smallest absolute Gasteiger partial charge is 0.317 e. The summed E-state index contributed by atoms with van der Waals surface area (Å²) in [6.45, 7) is 8.15. The summed E-state index contributed by atoms with van der Waals surface area (Å²) >= 11 is 0. The zero-order valence-electron chi connectivity index (χ0n) is 12.2. The highest BCUT2D eigenvalue weighted by molar-refractivity contribution is 5.74. The quantitative estimate of drug-likeness (QED) is 0.785. The monoisotopic (exact) mass is 258 g/mol. The van der Waals surface area contributed by atoms with Crippen molar-refractivity contribution in [1.29, 1.82) is 0 Å². The fourth-order valence-corrected chi connectivity index (χ4v) is 2.20. The molecule has 1 aliphatic rings. The molecule has 0 saturated heterocycles. The summed E-state index contributed by atoms with van der Waals surface area (Å²) < 4.78 is 10.6. The van der Waals surface area contributed by atoms with Crippen LogP contribution in [0, 0.1) is 5.41 Å². The van der Waals surface area contributed by atoms with Gasteiger partial charge in [-0.25, -0.2) is 4.79 Å². The number of hydrogen-bond donors (Lipinski definition) is 1. The van der Waals surface area contributed by atoms with Crippen LogP contribution < -0.4 is 5.32 Å². The maximum Gasteiger partial charge on any atom is 0.317 e. The minimum absolute atomic E-state index is 0.00770. The SMILES string of the molecule is CCO[C@H]1C[C@@H](NC(=O)N(C)CCOC)C1(C)C. The molecule has 5 nitrogen and oxygen atoms in total. The average molecular weight is 258 g/mol. The lowest BCUT2D eigenvalue weighted by Crippen LogP contribution is -2.63. The van der Waals surface area contributed by atoms with Crippen molar-refractivity contribution in [2.45, 2.75) is 39.3 Å². The van der Waals surface area contributed by atoms with Gasteiger partial charge in [0.2, 0.25) is 0 Å². The topological polar surface area (TPSA) is 50.8 Å². The van der Waals surface area contributed by atoms with E-state index in [-0.39, 0.29) is 23.6 Å². The van der Waals surface area contributed by atoms with Crippen molar-refractivity contribution in [3.05, 3.63) is 0 Å². The number of urea groups is 1.